The number of nitrogens with zero attached hydrogens (tertiary/aromatic N) is 6. The van der Waals surface area contributed by atoms with Gasteiger partial charge in [0, 0.05) is 5.69 Å². The van der Waals surface area contributed by atoms with E-state index in [1.807, 2.05) is 10.7 Å². The van der Waals surface area contributed by atoms with Gasteiger partial charge in [-0.15, -0.1) is 0 Å². The Morgan fingerprint density at radius 2 is 0.943 bits per heavy atom. The van der Waals surface area contributed by atoms with Gasteiger partial charge in [0.05, 0.1) is 11.4 Å². The molecule has 0 spiro atoms. The maximum Gasteiger partial charge on any atom is 0.261 e. The van der Waals surface area contributed by atoms with Crippen molar-refractivity contribution in [2.24, 2.45) is 0 Å². The molecule has 7 nitrogen and oxygen atoms in total. The molecule has 0 atom stereocenters. The summed E-state index contributed by atoms with van der Waals surface area (Å²) in [5.74, 6) is 1.27. The van der Waals surface area contributed by atoms with Crippen LogP contribution in [0.4, 0.5) is 0 Å². The van der Waals surface area contributed by atoms with E-state index in [1.54, 1.807) is 13.8 Å². The average Bonchev–Trinajstić information content (AvgIpc) is 3.45. The molecule has 3 aromatic heterocycles. The summed E-state index contributed by atoms with van der Waals surface area (Å²) in [6.45, 7) is 25.1. The molecule has 3 heterocycles. The van der Waals surface area contributed by atoms with Crippen molar-refractivity contribution in [2.75, 3.05) is 0 Å². The number of aromatic nitrogens is 6. The molecule has 0 aliphatic carbocycles. The van der Waals surface area contributed by atoms with Crippen molar-refractivity contribution in [1.82, 2.24) is 29.1 Å². The van der Waals surface area contributed by atoms with Gasteiger partial charge in [-0.05, 0) is 64.9 Å². The second-order valence-electron chi connectivity index (χ2n) is 11.9. The van der Waals surface area contributed by atoms with Crippen LogP contribution in [0.15, 0.2) is 18.2 Å². The predicted octanol–water partition coefficient (Wildman–Crippen LogP) is 5.42. The maximum atomic E-state index is 13.0. The molecule has 0 saturated heterocycles. The molecule has 0 saturated carbocycles. The molecule has 1 radical (unpaired) electrons. The van der Waals surface area contributed by atoms with Crippen LogP contribution in [0, 0.1) is 0 Å². The molecule has 0 amide bonds. The third-order valence-corrected chi connectivity index (χ3v) is 6.56. The lowest BCUT2D eigenvalue weighted by atomic mass is 9.89. The average molecular weight is 480 g/mol. The summed E-state index contributed by atoms with van der Waals surface area (Å²) < 4.78 is 6.17. The number of rotatable bonds is 9. The Balaban J connectivity index is 2.44. The van der Waals surface area contributed by atoms with Crippen molar-refractivity contribution in [3.8, 4) is 0 Å². The summed E-state index contributed by atoms with van der Waals surface area (Å²) in [5.41, 5.74) is 4.58. The molecule has 0 unspecified atom stereocenters. The molecule has 8 heteroatoms. The lowest BCUT2D eigenvalue weighted by Crippen LogP contribution is -2.47. The second kappa shape index (κ2) is 9.96. The molecule has 35 heavy (non-hydrogen) atoms. The molecule has 3 rings (SSSR count). The van der Waals surface area contributed by atoms with E-state index in [0.29, 0.717) is 17.5 Å². The van der Waals surface area contributed by atoms with E-state index in [-0.39, 0.29) is 17.8 Å². The van der Waals surface area contributed by atoms with Crippen LogP contribution in [-0.2, 0) is 5.60 Å². The van der Waals surface area contributed by atoms with Crippen LogP contribution in [0.2, 0.25) is 0 Å². The van der Waals surface area contributed by atoms with E-state index < -0.39 is 12.7 Å². The molecule has 0 aliphatic rings. The minimum absolute atomic E-state index is 0.173. The Kier molecular flexibility index (Phi) is 7.75. The van der Waals surface area contributed by atoms with E-state index in [4.69, 9.17) is 15.3 Å². The van der Waals surface area contributed by atoms with Crippen molar-refractivity contribution in [3.63, 3.8) is 0 Å². The normalized spacial score (nSPS) is 13.1. The molecular formula is C27H44BN6O-2. The lowest BCUT2D eigenvalue weighted by molar-refractivity contribution is -0.476. The van der Waals surface area contributed by atoms with Gasteiger partial charge in [0.1, 0.15) is 0 Å². The van der Waals surface area contributed by atoms with Gasteiger partial charge in [0.25, 0.3) is 7.12 Å². The number of hydrogen-bond acceptors (Lipinski definition) is 4. The van der Waals surface area contributed by atoms with Gasteiger partial charge in [-0.3, -0.25) is 0 Å². The molecular weight excluding hydrogens is 435 g/mol. The highest BCUT2D eigenvalue weighted by atomic mass is 16.3. The third kappa shape index (κ3) is 5.42. The topological polar surface area (TPSA) is 76.5 Å². The van der Waals surface area contributed by atoms with Gasteiger partial charge in [0.15, 0.2) is 0 Å². The third-order valence-electron chi connectivity index (χ3n) is 6.56. The standard InChI is InChI=1S/C27H44BN6O/c1-16(2)21-13-23(18(5)6)32(29-21)28(33-24(19(7)8)14-22(30-33)17(3)4)34-25(20(9)10)15-26(31-34)27(11,12)35/h13-20H,1-12H3/q-2. The first-order valence-corrected chi connectivity index (χ1v) is 13.1. The first kappa shape index (κ1) is 27.2. The molecule has 0 bridgehead atoms. The first-order chi connectivity index (χ1) is 16.1. The summed E-state index contributed by atoms with van der Waals surface area (Å²) in [7, 11) is -0.446. The van der Waals surface area contributed by atoms with Gasteiger partial charge in [-0.25, -0.2) is 15.3 Å². The Morgan fingerprint density at radius 3 is 1.26 bits per heavy atom. The molecule has 0 N–H and O–H groups in total. The minimum atomic E-state index is -1.30. The summed E-state index contributed by atoms with van der Waals surface area (Å²) >= 11 is 0. The van der Waals surface area contributed by atoms with Gasteiger partial charge < -0.3 is 18.9 Å². The van der Waals surface area contributed by atoms with E-state index in [0.717, 1.165) is 28.5 Å². The molecule has 0 aliphatic heterocycles. The summed E-state index contributed by atoms with van der Waals surface area (Å²) in [6, 6.07) is 6.39. The van der Waals surface area contributed by atoms with Gasteiger partial charge in [-0.1, -0.05) is 88.7 Å². The predicted molar refractivity (Wildman–Crippen MR) is 142 cm³/mol. The molecule has 193 valence electrons. The van der Waals surface area contributed by atoms with Gasteiger partial charge >= 0.3 is 0 Å². The smallest absolute Gasteiger partial charge is 0.261 e. The van der Waals surface area contributed by atoms with Crippen molar-refractivity contribution < 1.29 is 5.11 Å². The minimum Gasteiger partial charge on any atom is -0.845 e. The SMILES string of the molecule is CC(C)c1cc(C(C)C)n([B-](n2nc(C(C)C)cc2C(C)C)n2nc(C(C)(C)[O-])cc2C(C)C)n1. The second-order valence-corrected chi connectivity index (χ2v) is 11.9. The monoisotopic (exact) mass is 479 g/mol. The fraction of sp³-hybridized carbons (Fsp3) is 0.667. The summed E-state index contributed by atoms with van der Waals surface area (Å²) in [6.07, 6.45) is 0. The summed E-state index contributed by atoms with van der Waals surface area (Å²) in [5, 5.41) is 28.2. The first-order valence-electron chi connectivity index (χ1n) is 13.1. The fourth-order valence-corrected chi connectivity index (χ4v) is 4.28. The van der Waals surface area contributed by atoms with Crippen LogP contribution in [0.3, 0.4) is 0 Å². The van der Waals surface area contributed by atoms with Gasteiger partial charge in [0.2, 0.25) is 0 Å². The van der Waals surface area contributed by atoms with E-state index in [1.165, 1.54) is 0 Å². The highest BCUT2D eigenvalue weighted by molar-refractivity contribution is 6.53. The van der Waals surface area contributed by atoms with E-state index in [9.17, 15) is 5.11 Å². The van der Waals surface area contributed by atoms with Crippen LogP contribution < -0.4 is 5.11 Å². The van der Waals surface area contributed by atoms with Gasteiger partial charge in [-0.2, -0.15) is 0 Å². The Labute approximate surface area is 212 Å². The fourth-order valence-electron chi connectivity index (χ4n) is 4.28. The Morgan fingerprint density at radius 1 is 0.600 bits per heavy atom. The molecule has 0 fully saturated rings. The highest BCUT2D eigenvalue weighted by Crippen LogP contribution is 2.28. The van der Waals surface area contributed by atoms with Crippen molar-refractivity contribution in [1.29, 1.82) is 0 Å². The number of hydrogen-bond donors (Lipinski definition) is 0. The van der Waals surface area contributed by atoms with Crippen LogP contribution in [-0.4, -0.2) is 36.2 Å². The van der Waals surface area contributed by atoms with E-state index in [2.05, 4.69) is 90.6 Å². The van der Waals surface area contributed by atoms with Crippen molar-refractivity contribution in [3.05, 3.63) is 52.4 Å². The molecule has 0 aromatic carbocycles. The highest BCUT2D eigenvalue weighted by Gasteiger charge is 2.25. The quantitative estimate of drug-likeness (QED) is 0.384. The maximum absolute atomic E-state index is 13.0. The van der Waals surface area contributed by atoms with Crippen LogP contribution in [0.1, 0.15) is 147 Å². The van der Waals surface area contributed by atoms with Crippen LogP contribution >= 0.6 is 0 Å². The van der Waals surface area contributed by atoms with Crippen molar-refractivity contribution >= 4 is 7.12 Å². The zero-order valence-corrected chi connectivity index (χ0v) is 23.8. The van der Waals surface area contributed by atoms with E-state index >= 15 is 0 Å². The Hall–Kier alpha value is -2.35. The molecule has 3 aromatic rings. The zero-order valence-electron chi connectivity index (χ0n) is 23.8. The van der Waals surface area contributed by atoms with Crippen LogP contribution in [0.5, 0.6) is 0 Å². The Bertz CT molecular complexity index is 1090. The van der Waals surface area contributed by atoms with Crippen molar-refractivity contribution in [2.45, 2.75) is 118 Å². The summed E-state index contributed by atoms with van der Waals surface area (Å²) in [4.78, 5) is 0. The zero-order chi connectivity index (χ0) is 26.4. The lowest BCUT2D eigenvalue weighted by Gasteiger charge is -2.37. The largest absolute Gasteiger partial charge is 0.845 e. The van der Waals surface area contributed by atoms with Crippen LogP contribution in [0.25, 0.3) is 0 Å².